The van der Waals surface area contributed by atoms with E-state index in [-0.39, 0.29) is 0 Å². The second-order valence-corrected chi connectivity index (χ2v) is 6.39. The van der Waals surface area contributed by atoms with Gasteiger partial charge >= 0.3 is 0 Å². The zero-order chi connectivity index (χ0) is 15.5. The molecule has 1 aromatic carbocycles. The SMILES string of the molecule is Cc1cc(NC2CC2)nc(NCCc2ccc(Cl)cc2Cl)n1. The number of nitrogens with one attached hydrogen (secondary N) is 2. The van der Waals surface area contributed by atoms with Gasteiger partial charge in [0.25, 0.3) is 0 Å². The number of anilines is 2. The summed E-state index contributed by atoms with van der Waals surface area (Å²) in [4.78, 5) is 8.91. The van der Waals surface area contributed by atoms with E-state index < -0.39 is 0 Å². The first kappa shape index (κ1) is 15.4. The highest BCUT2D eigenvalue weighted by Gasteiger charge is 2.21. The summed E-state index contributed by atoms with van der Waals surface area (Å²) >= 11 is 12.1. The van der Waals surface area contributed by atoms with Crippen molar-refractivity contribution in [3.8, 4) is 0 Å². The standard InChI is InChI=1S/C16H18Cl2N4/c1-10-8-15(21-13-4-5-13)22-16(20-10)19-7-6-11-2-3-12(17)9-14(11)18/h2-3,8-9,13H,4-7H2,1H3,(H2,19,20,21,22). The molecular formula is C16H18Cl2N4. The van der Waals surface area contributed by atoms with Crippen LogP contribution in [0.15, 0.2) is 24.3 Å². The van der Waals surface area contributed by atoms with Crippen molar-refractivity contribution < 1.29 is 0 Å². The van der Waals surface area contributed by atoms with Crippen LogP contribution in [0, 0.1) is 6.92 Å². The van der Waals surface area contributed by atoms with Crippen LogP contribution >= 0.6 is 23.2 Å². The first-order chi connectivity index (χ1) is 10.6. The number of benzene rings is 1. The first-order valence-corrected chi connectivity index (χ1v) is 8.16. The van der Waals surface area contributed by atoms with Crippen LogP contribution in [-0.2, 0) is 6.42 Å². The highest BCUT2D eigenvalue weighted by Crippen LogP contribution is 2.24. The Bertz CT molecular complexity index is 671. The van der Waals surface area contributed by atoms with Crippen molar-refractivity contribution in [2.45, 2.75) is 32.2 Å². The molecule has 0 spiro atoms. The van der Waals surface area contributed by atoms with Gasteiger partial charge < -0.3 is 10.6 Å². The molecule has 2 N–H and O–H groups in total. The predicted octanol–water partition coefficient (Wildman–Crippen LogP) is 4.32. The minimum atomic E-state index is 0.579. The average Bonchev–Trinajstić information content (AvgIpc) is 3.24. The lowest BCUT2D eigenvalue weighted by molar-refractivity contribution is 0.969. The Balaban J connectivity index is 1.59. The monoisotopic (exact) mass is 336 g/mol. The third-order valence-electron chi connectivity index (χ3n) is 3.48. The summed E-state index contributed by atoms with van der Waals surface area (Å²) in [7, 11) is 0. The van der Waals surface area contributed by atoms with Gasteiger partial charge in [0.15, 0.2) is 0 Å². The zero-order valence-electron chi connectivity index (χ0n) is 12.4. The molecule has 0 amide bonds. The van der Waals surface area contributed by atoms with Crippen LogP contribution in [0.3, 0.4) is 0 Å². The Kier molecular flexibility index (Phi) is 4.69. The molecule has 0 atom stereocenters. The van der Waals surface area contributed by atoms with Crippen LogP contribution in [0.25, 0.3) is 0 Å². The van der Waals surface area contributed by atoms with Gasteiger partial charge in [0.2, 0.25) is 5.95 Å². The lowest BCUT2D eigenvalue weighted by Crippen LogP contribution is -2.11. The molecule has 1 saturated carbocycles. The average molecular weight is 337 g/mol. The molecule has 0 aliphatic heterocycles. The third kappa shape index (κ3) is 4.24. The molecule has 1 aromatic heterocycles. The van der Waals surface area contributed by atoms with E-state index in [0.717, 1.165) is 23.5 Å². The highest BCUT2D eigenvalue weighted by atomic mass is 35.5. The van der Waals surface area contributed by atoms with Crippen LogP contribution in [0.1, 0.15) is 24.1 Å². The van der Waals surface area contributed by atoms with Crippen molar-refractivity contribution in [1.29, 1.82) is 0 Å². The van der Waals surface area contributed by atoms with Gasteiger partial charge in [-0.15, -0.1) is 0 Å². The van der Waals surface area contributed by atoms with Crippen molar-refractivity contribution >= 4 is 35.0 Å². The predicted molar refractivity (Wildman–Crippen MR) is 92.1 cm³/mol. The van der Waals surface area contributed by atoms with Crippen molar-refractivity contribution in [2.24, 2.45) is 0 Å². The van der Waals surface area contributed by atoms with E-state index in [1.54, 1.807) is 6.07 Å². The number of rotatable bonds is 6. The van der Waals surface area contributed by atoms with Gasteiger partial charge in [0.05, 0.1) is 0 Å². The van der Waals surface area contributed by atoms with Crippen LogP contribution in [0.4, 0.5) is 11.8 Å². The molecule has 116 valence electrons. The summed E-state index contributed by atoms with van der Waals surface area (Å²) < 4.78 is 0. The Morgan fingerprint density at radius 3 is 2.73 bits per heavy atom. The molecule has 1 heterocycles. The number of aryl methyl sites for hydroxylation is 1. The molecular weight excluding hydrogens is 319 g/mol. The van der Waals surface area contributed by atoms with Crippen LogP contribution in [0.5, 0.6) is 0 Å². The smallest absolute Gasteiger partial charge is 0.224 e. The molecule has 1 fully saturated rings. The van der Waals surface area contributed by atoms with Crippen LogP contribution in [0.2, 0.25) is 10.0 Å². The molecule has 0 radical (unpaired) electrons. The summed E-state index contributed by atoms with van der Waals surface area (Å²) in [5.74, 6) is 1.54. The normalized spacial score (nSPS) is 14.0. The summed E-state index contributed by atoms with van der Waals surface area (Å²) in [5, 5.41) is 7.99. The summed E-state index contributed by atoms with van der Waals surface area (Å²) in [6, 6.07) is 8.11. The van der Waals surface area contributed by atoms with Gasteiger partial charge in [-0.1, -0.05) is 29.3 Å². The fourth-order valence-electron chi connectivity index (χ4n) is 2.19. The number of halogens is 2. The zero-order valence-corrected chi connectivity index (χ0v) is 13.9. The van der Waals surface area contributed by atoms with Gasteiger partial charge in [-0.25, -0.2) is 4.98 Å². The maximum absolute atomic E-state index is 6.17. The first-order valence-electron chi connectivity index (χ1n) is 7.40. The van der Waals surface area contributed by atoms with E-state index in [4.69, 9.17) is 23.2 Å². The molecule has 4 nitrogen and oxygen atoms in total. The van der Waals surface area contributed by atoms with E-state index in [2.05, 4.69) is 20.6 Å². The fraction of sp³-hybridized carbons (Fsp3) is 0.375. The molecule has 6 heteroatoms. The Morgan fingerprint density at radius 2 is 2.00 bits per heavy atom. The summed E-state index contributed by atoms with van der Waals surface area (Å²) in [6.07, 6.45) is 3.24. The van der Waals surface area contributed by atoms with Gasteiger partial charge in [0.1, 0.15) is 5.82 Å². The number of hydrogen-bond acceptors (Lipinski definition) is 4. The minimum absolute atomic E-state index is 0.579. The maximum Gasteiger partial charge on any atom is 0.224 e. The van der Waals surface area contributed by atoms with Crippen molar-refractivity contribution in [3.05, 3.63) is 45.6 Å². The highest BCUT2D eigenvalue weighted by molar-refractivity contribution is 6.35. The fourth-order valence-corrected chi connectivity index (χ4v) is 2.69. The molecule has 0 unspecified atom stereocenters. The third-order valence-corrected chi connectivity index (χ3v) is 4.06. The Labute approximate surface area is 140 Å². The molecule has 22 heavy (non-hydrogen) atoms. The van der Waals surface area contributed by atoms with Crippen LogP contribution < -0.4 is 10.6 Å². The largest absolute Gasteiger partial charge is 0.367 e. The number of aromatic nitrogens is 2. The molecule has 0 saturated heterocycles. The summed E-state index contributed by atoms with van der Waals surface area (Å²) in [5.41, 5.74) is 2.01. The van der Waals surface area contributed by atoms with Gasteiger partial charge in [0, 0.05) is 34.4 Å². The quantitative estimate of drug-likeness (QED) is 0.824. The topological polar surface area (TPSA) is 49.8 Å². The lowest BCUT2D eigenvalue weighted by atomic mass is 10.1. The molecule has 3 rings (SSSR count). The second-order valence-electron chi connectivity index (χ2n) is 5.55. The van der Waals surface area contributed by atoms with Crippen molar-refractivity contribution in [1.82, 2.24) is 9.97 Å². The van der Waals surface area contributed by atoms with E-state index in [1.165, 1.54) is 12.8 Å². The molecule has 0 bridgehead atoms. The van der Waals surface area contributed by atoms with E-state index >= 15 is 0 Å². The second kappa shape index (κ2) is 6.71. The maximum atomic E-state index is 6.17. The van der Waals surface area contributed by atoms with E-state index in [0.29, 0.717) is 28.6 Å². The van der Waals surface area contributed by atoms with Crippen molar-refractivity contribution in [3.63, 3.8) is 0 Å². The molecule has 2 aromatic rings. The van der Waals surface area contributed by atoms with Crippen molar-refractivity contribution in [2.75, 3.05) is 17.2 Å². The van der Waals surface area contributed by atoms with E-state index in [1.807, 2.05) is 25.1 Å². The minimum Gasteiger partial charge on any atom is -0.367 e. The van der Waals surface area contributed by atoms with E-state index in [9.17, 15) is 0 Å². The van der Waals surface area contributed by atoms with Gasteiger partial charge in [-0.3, -0.25) is 0 Å². The van der Waals surface area contributed by atoms with Crippen LogP contribution in [-0.4, -0.2) is 22.6 Å². The Morgan fingerprint density at radius 1 is 1.18 bits per heavy atom. The number of hydrogen-bond donors (Lipinski definition) is 2. The summed E-state index contributed by atoms with van der Waals surface area (Å²) in [6.45, 7) is 2.69. The molecule has 1 aliphatic rings. The molecule has 1 aliphatic carbocycles. The number of nitrogens with zero attached hydrogens (tertiary/aromatic N) is 2. The Hall–Kier alpha value is -1.52. The van der Waals surface area contributed by atoms with Gasteiger partial charge in [-0.05, 0) is 43.9 Å². The van der Waals surface area contributed by atoms with Gasteiger partial charge in [-0.2, -0.15) is 4.98 Å². The lowest BCUT2D eigenvalue weighted by Gasteiger charge is -2.10.